The number of rotatable bonds is 5. The first kappa shape index (κ1) is 13.7. The van der Waals surface area contributed by atoms with E-state index in [4.69, 9.17) is 4.74 Å². The van der Waals surface area contributed by atoms with Crippen LogP contribution in [0.5, 0.6) is 0 Å². The minimum absolute atomic E-state index is 0.0236. The lowest BCUT2D eigenvalue weighted by atomic mass is 9.90. The van der Waals surface area contributed by atoms with Gasteiger partial charge in [0.15, 0.2) is 5.78 Å². The van der Waals surface area contributed by atoms with Crippen molar-refractivity contribution >= 4 is 16.7 Å². The van der Waals surface area contributed by atoms with Gasteiger partial charge in [-0.15, -0.1) is 0 Å². The third kappa shape index (κ3) is 2.51. The lowest BCUT2D eigenvalue weighted by molar-refractivity contribution is -0.0114. The second-order valence-electron chi connectivity index (χ2n) is 4.72. The van der Waals surface area contributed by atoms with Crippen LogP contribution in [-0.4, -0.2) is 23.0 Å². The topological polar surface area (TPSA) is 39.2 Å². The fourth-order valence-corrected chi connectivity index (χ4v) is 2.23. The van der Waals surface area contributed by atoms with Gasteiger partial charge in [-0.25, -0.2) is 0 Å². The third-order valence-electron chi connectivity index (χ3n) is 3.51. The molecule has 19 heavy (non-hydrogen) atoms. The van der Waals surface area contributed by atoms with Crippen molar-refractivity contribution in [3.8, 4) is 0 Å². The molecular formula is C16H19NO2. The Labute approximate surface area is 113 Å². The molecule has 1 unspecified atom stereocenters. The highest BCUT2D eigenvalue weighted by molar-refractivity contribution is 6.11. The molecule has 1 heterocycles. The summed E-state index contributed by atoms with van der Waals surface area (Å²) in [6.07, 6.45) is 2.38. The molecule has 1 aromatic carbocycles. The molecule has 0 aliphatic carbocycles. The highest BCUT2D eigenvalue weighted by Crippen LogP contribution is 2.26. The smallest absolute Gasteiger partial charge is 0.194 e. The minimum atomic E-state index is -0.765. The molecule has 0 saturated carbocycles. The van der Waals surface area contributed by atoms with Gasteiger partial charge in [-0.05, 0) is 32.4 Å². The van der Waals surface area contributed by atoms with Crippen molar-refractivity contribution in [2.24, 2.45) is 0 Å². The molecule has 0 N–H and O–H groups in total. The van der Waals surface area contributed by atoms with Crippen molar-refractivity contribution in [1.82, 2.24) is 4.98 Å². The van der Waals surface area contributed by atoms with E-state index < -0.39 is 5.60 Å². The predicted octanol–water partition coefficient (Wildman–Crippen LogP) is 3.62. The number of benzene rings is 1. The highest BCUT2D eigenvalue weighted by atomic mass is 16.5. The number of ketones is 1. The summed E-state index contributed by atoms with van der Waals surface area (Å²) in [5.41, 5.74) is 0.755. The number of carbonyl (C=O) groups excluding carboxylic acids is 1. The van der Waals surface area contributed by atoms with Crippen LogP contribution in [0.2, 0.25) is 0 Å². The average Bonchev–Trinajstić information content (AvgIpc) is 2.46. The summed E-state index contributed by atoms with van der Waals surface area (Å²) in [5, 5.41) is 0.884. The lowest BCUT2D eigenvalue weighted by Gasteiger charge is -2.27. The maximum Gasteiger partial charge on any atom is 0.194 e. The van der Waals surface area contributed by atoms with Gasteiger partial charge in [-0.2, -0.15) is 0 Å². The van der Waals surface area contributed by atoms with E-state index in [2.05, 4.69) is 4.98 Å². The molecule has 2 aromatic rings. The zero-order valence-electron chi connectivity index (χ0n) is 11.6. The molecule has 0 spiro atoms. The molecule has 0 radical (unpaired) electrons. The molecule has 0 bridgehead atoms. The quantitative estimate of drug-likeness (QED) is 0.768. The Bertz CT molecular complexity index is 589. The van der Waals surface area contributed by atoms with Gasteiger partial charge < -0.3 is 4.74 Å². The van der Waals surface area contributed by atoms with Crippen LogP contribution in [0.3, 0.4) is 0 Å². The normalized spacial score (nSPS) is 14.3. The number of pyridine rings is 1. The van der Waals surface area contributed by atoms with E-state index in [1.165, 1.54) is 0 Å². The zero-order chi connectivity index (χ0) is 13.9. The number of Topliss-reactive ketones (excluding diaryl/α,β-unsaturated/α-hetero) is 1. The van der Waals surface area contributed by atoms with Crippen molar-refractivity contribution in [3.63, 3.8) is 0 Å². The molecule has 100 valence electrons. The molecule has 2 rings (SSSR count). The Balaban J connectivity index is 2.52. The molecule has 0 amide bonds. The Kier molecular flexibility index (Phi) is 3.96. The van der Waals surface area contributed by atoms with Gasteiger partial charge in [0.25, 0.3) is 0 Å². The van der Waals surface area contributed by atoms with E-state index in [1.54, 1.807) is 6.20 Å². The van der Waals surface area contributed by atoms with Crippen LogP contribution in [0.25, 0.3) is 10.9 Å². The van der Waals surface area contributed by atoms with Crippen LogP contribution in [-0.2, 0) is 4.74 Å². The molecule has 3 nitrogen and oxygen atoms in total. The first-order chi connectivity index (χ1) is 9.12. The number of ether oxygens (including phenoxy) is 1. The molecular weight excluding hydrogens is 238 g/mol. The average molecular weight is 257 g/mol. The molecule has 3 heteroatoms. The van der Waals surface area contributed by atoms with Crippen molar-refractivity contribution in [3.05, 3.63) is 42.1 Å². The number of aromatic nitrogens is 1. The SMILES string of the molecule is CCOC(C)(CC)C(=O)c1cccc2ncccc12. The minimum Gasteiger partial charge on any atom is -0.367 e. The standard InChI is InChI=1S/C16H19NO2/c1-4-16(3,19-5-2)15(18)13-8-6-10-14-12(13)9-7-11-17-14/h6-11H,4-5H2,1-3H3. The summed E-state index contributed by atoms with van der Waals surface area (Å²) in [6.45, 7) is 6.26. The Morgan fingerprint density at radius 2 is 2.05 bits per heavy atom. The van der Waals surface area contributed by atoms with Gasteiger partial charge in [0.1, 0.15) is 5.60 Å². The summed E-state index contributed by atoms with van der Waals surface area (Å²) in [5.74, 6) is 0.0236. The van der Waals surface area contributed by atoms with Crippen LogP contribution in [0.1, 0.15) is 37.6 Å². The number of fused-ring (bicyclic) bond motifs is 1. The Morgan fingerprint density at radius 3 is 2.74 bits per heavy atom. The monoisotopic (exact) mass is 257 g/mol. The molecule has 0 saturated heterocycles. The Hall–Kier alpha value is -1.74. The molecule has 0 aliphatic rings. The first-order valence-corrected chi connectivity index (χ1v) is 6.65. The molecule has 1 aromatic heterocycles. The van der Waals surface area contributed by atoms with Crippen molar-refractivity contribution in [2.75, 3.05) is 6.61 Å². The van der Waals surface area contributed by atoms with Crippen molar-refractivity contribution in [1.29, 1.82) is 0 Å². The number of hydrogen-bond acceptors (Lipinski definition) is 3. The summed E-state index contributed by atoms with van der Waals surface area (Å²) in [7, 11) is 0. The first-order valence-electron chi connectivity index (χ1n) is 6.65. The van der Waals surface area contributed by atoms with E-state index in [0.717, 1.165) is 10.9 Å². The summed E-state index contributed by atoms with van der Waals surface area (Å²) in [4.78, 5) is 17.0. The van der Waals surface area contributed by atoms with Crippen LogP contribution in [0.15, 0.2) is 36.5 Å². The van der Waals surface area contributed by atoms with Gasteiger partial charge in [-0.3, -0.25) is 9.78 Å². The van der Waals surface area contributed by atoms with E-state index in [1.807, 2.05) is 51.1 Å². The van der Waals surface area contributed by atoms with Gasteiger partial charge in [0.05, 0.1) is 5.52 Å². The largest absolute Gasteiger partial charge is 0.367 e. The summed E-state index contributed by atoms with van der Waals surface area (Å²) < 4.78 is 5.67. The highest BCUT2D eigenvalue weighted by Gasteiger charge is 2.33. The van der Waals surface area contributed by atoms with Gasteiger partial charge in [0, 0.05) is 23.8 Å². The predicted molar refractivity (Wildman–Crippen MR) is 76.4 cm³/mol. The molecule has 1 atom stereocenters. The van der Waals surface area contributed by atoms with Crippen LogP contribution in [0.4, 0.5) is 0 Å². The number of nitrogens with zero attached hydrogens (tertiary/aromatic N) is 1. The fraction of sp³-hybridized carbons (Fsp3) is 0.375. The van der Waals surface area contributed by atoms with Crippen LogP contribution in [0, 0.1) is 0 Å². The fourth-order valence-electron chi connectivity index (χ4n) is 2.23. The van der Waals surface area contributed by atoms with Crippen molar-refractivity contribution in [2.45, 2.75) is 32.8 Å². The van der Waals surface area contributed by atoms with Gasteiger partial charge >= 0.3 is 0 Å². The number of hydrogen-bond donors (Lipinski definition) is 0. The van der Waals surface area contributed by atoms with Gasteiger partial charge in [-0.1, -0.05) is 25.1 Å². The second kappa shape index (κ2) is 5.49. The maximum absolute atomic E-state index is 12.7. The van der Waals surface area contributed by atoms with E-state index in [0.29, 0.717) is 18.6 Å². The Morgan fingerprint density at radius 1 is 1.26 bits per heavy atom. The second-order valence-corrected chi connectivity index (χ2v) is 4.72. The lowest BCUT2D eigenvalue weighted by Crippen LogP contribution is -2.38. The maximum atomic E-state index is 12.7. The molecule has 0 fully saturated rings. The zero-order valence-corrected chi connectivity index (χ0v) is 11.6. The van der Waals surface area contributed by atoms with E-state index >= 15 is 0 Å². The third-order valence-corrected chi connectivity index (χ3v) is 3.51. The molecule has 0 aliphatic heterocycles. The van der Waals surface area contributed by atoms with E-state index in [-0.39, 0.29) is 5.78 Å². The number of carbonyl (C=O) groups is 1. The van der Waals surface area contributed by atoms with Crippen LogP contribution >= 0.6 is 0 Å². The van der Waals surface area contributed by atoms with E-state index in [9.17, 15) is 4.79 Å². The van der Waals surface area contributed by atoms with Crippen molar-refractivity contribution < 1.29 is 9.53 Å². The summed E-state index contributed by atoms with van der Waals surface area (Å²) >= 11 is 0. The summed E-state index contributed by atoms with van der Waals surface area (Å²) in [6, 6.07) is 9.40. The van der Waals surface area contributed by atoms with Crippen LogP contribution < -0.4 is 0 Å². The van der Waals surface area contributed by atoms with Gasteiger partial charge in [0.2, 0.25) is 0 Å².